The van der Waals surface area contributed by atoms with Gasteiger partial charge in [0.1, 0.15) is 11.4 Å². The van der Waals surface area contributed by atoms with Crippen LogP contribution in [0, 0.1) is 5.92 Å². The van der Waals surface area contributed by atoms with Crippen molar-refractivity contribution in [2.45, 2.75) is 52.3 Å². The molecule has 6 nitrogen and oxygen atoms in total. The lowest BCUT2D eigenvalue weighted by atomic mass is 9.99. The zero-order valence-corrected chi connectivity index (χ0v) is 16.8. The monoisotopic (exact) mass is 378 g/mol. The maximum Gasteiger partial charge on any atom is 0.244 e. The van der Waals surface area contributed by atoms with E-state index in [1.165, 1.54) is 11.1 Å². The Hall–Kier alpha value is -2.73. The van der Waals surface area contributed by atoms with Crippen LogP contribution >= 0.6 is 0 Å². The van der Waals surface area contributed by atoms with Crippen molar-refractivity contribution in [1.29, 1.82) is 0 Å². The standard InChI is InChI=1S/C22H26N4O2/c1-14(2)19(21-25-20(26-28-21)16-6-5-9-23-13-16)24-12-15-7-8-18-17(10-15)11-22(3,4)27-18/h5-10,13-14,19,24H,11-12H2,1-4H3. The van der Waals surface area contributed by atoms with Crippen molar-refractivity contribution in [2.75, 3.05) is 0 Å². The Balaban J connectivity index is 1.48. The van der Waals surface area contributed by atoms with Crippen LogP contribution in [-0.2, 0) is 13.0 Å². The van der Waals surface area contributed by atoms with E-state index in [0.29, 0.717) is 17.6 Å². The molecule has 0 radical (unpaired) electrons. The van der Waals surface area contributed by atoms with Crippen LogP contribution in [0.5, 0.6) is 5.75 Å². The number of ether oxygens (including phenoxy) is 1. The van der Waals surface area contributed by atoms with Crippen LogP contribution in [0.3, 0.4) is 0 Å². The summed E-state index contributed by atoms with van der Waals surface area (Å²) in [5.74, 6) is 2.46. The van der Waals surface area contributed by atoms with Gasteiger partial charge in [-0.3, -0.25) is 4.98 Å². The van der Waals surface area contributed by atoms with Crippen LogP contribution in [0.4, 0.5) is 0 Å². The predicted molar refractivity (Wildman–Crippen MR) is 107 cm³/mol. The molecular formula is C22H26N4O2. The van der Waals surface area contributed by atoms with Gasteiger partial charge in [-0.25, -0.2) is 0 Å². The number of nitrogens with one attached hydrogen (secondary N) is 1. The summed E-state index contributed by atoms with van der Waals surface area (Å²) in [5, 5.41) is 7.70. The first kappa shape index (κ1) is 18.6. The van der Waals surface area contributed by atoms with E-state index < -0.39 is 0 Å². The first-order valence-corrected chi connectivity index (χ1v) is 9.69. The van der Waals surface area contributed by atoms with Gasteiger partial charge in [-0.2, -0.15) is 4.98 Å². The molecule has 1 aliphatic heterocycles. The SMILES string of the molecule is CC(C)C(NCc1ccc2c(c1)CC(C)(C)O2)c1nc(-c2cccnc2)no1. The van der Waals surface area contributed by atoms with Crippen LogP contribution < -0.4 is 10.1 Å². The van der Waals surface area contributed by atoms with Gasteiger partial charge in [0.15, 0.2) is 0 Å². The minimum absolute atomic E-state index is 0.0288. The van der Waals surface area contributed by atoms with Crippen molar-refractivity contribution in [3.8, 4) is 17.1 Å². The van der Waals surface area contributed by atoms with Crippen molar-refractivity contribution < 1.29 is 9.26 Å². The van der Waals surface area contributed by atoms with Gasteiger partial charge in [-0.05, 0) is 49.1 Å². The highest BCUT2D eigenvalue weighted by atomic mass is 16.5. The number of hydrogen-bond acceptors (Lipinski definition) is 6. The highest BCUT2D eigenvalue weighted by Crippen LogP contribution is 2.35. The second-order valence-corrected chi connectivity index (χ2v) is 8.28. The zero-order valence-electron chi connectivity index (χ0n) is 16.8. The molecule has 0 aliphatic carbocycles. The van der Waals surface area contributed by atoms with E-state index in [0.717, 1.165) is 24.3 Å². The molecule has 6 heteroatoms. The first-order chi connectivity index (χ1) is 13.4. The van der Waals surface area contributed by atoms with Gasteiger partial charge in [0, 0.05) is 30.9 Å². The molecule has 1 aliphatic rings. The Morgan fingerprint density at radius 3 is 2.82 bits per heavy atom. The van der Waals surface area contributed by atoms with Crippen LogP contribution in [0.2, 0.25) is 0 Å². The number of nitrogens with zero attached hydrogens (tertiary/aromatic N) is 3. The van der Waals surface area contributed by atoms with Gasteiger partial charge < -0.3 is 14.6 Å². The third-order valence-electron chi connectivity index (χ3n) is 4.95. The molecule has 0 amide bonds. The molecule has 0 saturated carbocycles. The van der Waals surface area contributed by atoms with E-state index in [9.17, 15) is 0 Å². The van der Waals surface area contributed by atoms with E-state index in [1.54, 1.807) is 12.4 Å². The van der Waals surface area contributed by atoms with Gasteiger partial charge in [0.25, 0.3) is 0 Å². The van der Waals surface area contributed by atoms with Crippen molar-refractivity contribution in [1.82, 2.24) is 20.4 Å². The molecule has 2 aromatic heterocycles. The molecule has 0 spiro atoms. The van der Waals surface area contributed by atoms with Gasteiger partial charge in [-0.15, -0.1) is 0 Å². The van der Waals surface area contributed by atoms with Crippen LogP contribution in [0.15, 0.2) is 47.2 Å². The van der Waals surface area contributed by atoms with Gasteiger partial charge in [-0.1, -0.05) is 31.1 Å². The van der Waals surface area contributed by atoms with Gasteiger partial charge >= 0.3 is 0 Å². The summed E-state index contributed by atoms with van der Waals surface area (Å²) in [6.45, 7) is 9.25. The van der Waals surface area contributed by atoms with Crippen LogP contribution in [0.1, 0.15) is 50.8 Å². The van der Waals surface area contributed by atoms with E-state index in [1.807, 2.05) is 12.1 Å². The van der Waals surface area contributed by atoms with Crippen LogP contribution in [-0.4, -0.2) is 20.7 Å². The fraction of sp³-hybridized carbons (Fsp3) is 0.409. The number of fused-ring (bicyclic) bond motifs is 1. The lowest BCUT2D eigenvalue weighted by molar-refractivity contribution is 0.138. The highest BCUT2D eigenvalue weighted by molar-refractivity contribution is 5.51. The third-order valence-corrected chi connectivity index (χ3v) is 4.95. The Kier molecular flexibility index (Phi) is 4.89. The summed E-state index contributed by atoms with van der Waals surface area (Å²) in [6.07, 6.45) is 4.40. The summed E-state index contributed by atoms with van der Waals surface area (Å²) in [4.78, 5) is 8.71. The largest absolute Gasteiger partial charge is 0.487 e. The smallest absolute Gasteiger partial charge is 0.244 e. The summed E-state index contributed by atoms with van der Waals surface area (Å²) < 4.78 is 11.5. The molecular weight excluding hydrogens is 352 g/mol. The lowest BCUT2D eigenvalue weighted by Crippen LogP contribution is -2.25. The molecule has 0 saturated heterocycles. The van der Waals surface area contributed by atoms with Gasteiger partial charge in [0.05, 0.1) is 6.04 Å². The topological polar surface area (TPSA) is 73.1 Å². The number of rotatable bonds is 6. The Bertz CT molecular complexity index is 950. The predicted octanol–water partition coefficient (Wildman–Crippen LogP) is 4.33. The maximum atomic E-state index is 5.97. The molecule has 1 atom stereocenters. The molecule has 1 aromatic carbocycles. The maximum absolute atomic E-state index is 5.97. The van der Waals surface area contributed by atoms with E-state index in [-0.39, 0.29) is 11.6 Å². The van der Waals surface area contributed by atoms with E-state index in [2.05, 4.69) is 66.3 Å². The Morgan fingerprint density at radius 2 is 2.07 bits per heavy atom. The van der Waals surface area contributed by atoms with E-state index >= 15 is 0 Å². The summed E-state index contributed by atoms with van der Waals surface area (Å²) in [7, 11) is 0. The minimum Gasteiger partial charge on any atom is -0.487 e. The molecule has 0 bridgehead atoms. The normalized spacial score (nSPS) is 16.0. The molecule has 146 valence electrons. The molecule has 3 heterocycles. The van der Waals surface area contributed by atoms with Crippen molar-refractivity contribution in [3.63, 3.8) is 0 Å². The quantitative estimate of drug-likeness (QED) is 0.688. The average molecular weight is 378 g/mol. The molecule has 3 aromatic rings. The fourth-order valence-corrected chi connectivity index (χ4v) is 3.58. The number of hydrogen-bond donors (Lipinski definition) is 1. The number of benzene rings is 1. The average Bonchev–Trinajstić information content (AvgIpc) is 3.25. The third kappa shape index (κ3) is 3.92. The minimum atomic E-state index is -0.124. The molecule has 28 heavy (non-hydrogen) atoms. The van der Waals surface area contributed by atoms with Crippen LogP contribution in [0.25, 0.3) is 11.4 Å². The molecule has 1 N–H and O–H groups in total. The fourth-order valence-electron chi connectivity index (χ4n) is 3.58. The molecule has 1 unspecified atom stereocenters. The Labute approximate surface area is 165 Å². The zero-order chi connectivity index (χ0) is 19.7. The second kappa shape index (κ2) is 7.36. The second-order valence-electron chi connectivity index (χ2n) is 8.28. The first-order valence-electron chi connectivity index (χ1n) is 9.69. The Morgan fingerprint density at radius 1 is 1.21 bits per heavy atom. The lowest BCUT2D eigenvalue weighted by Gasteiger charge is -2.18. The number of aromatic nitrogens is 3. The summed E-state index contributed by atoms with van der Waals surface area (Å²) in [6, 6.07) is 10.2. The van der Waals surface area contributed by atoms with Crippen molar-refractivity contribution in [3.05, 3.63) is 59.7 Å². The summed E-state index contributed by atoms with van der Waals surface area (Å²) in [5.41, 5.74) is 3.21. The number of pyridine rings is 1. The van der Waals surface area contributed by atoms with E-state index in [4.69, 9.17) is 9.26 Å². The van der Waals surface area contributed by atoms with Crippen molar-refractivity contribution in [2.24, 2.45) is 5.92 Å². The molecule has 0 fully saturated rings. The van der Waals surface area contributed by atoms with Crippen molar-refractivity contribution >= 4 is 0 Å². The highest BCUT2D eigenvalue weighted by Gasteiger charge is 2.30. The summed E-state index contributed by atoms with van der Waals surface area (Å²) >= 11 is 0. The molecule has 4 rings (SSSR count). The van der Waals surface area contributed by atoms with Gasteiger partial charge in [0.2, 0.25) is 11.7 Å².